The lowest BCUT2D eigenvalue weighted by molar-refractivity contribution is -0.0226. The molecule has 5 nitrogen and oxygen atoms in total. The zero-order chi connectivity index (χ0) is 12.8. The average Bonchev–Trinajstić information content (AvgIpc) is 2.40. The normalized spacial score (nSPS) is 20.6. The molecule has 1 aliphatic rings. The molecule has 2 rings (SSSR count). The number of morpholine rings is 1. The SMILES string of the molecule is CN1CCOC(CCNC(=O)c2ccncc2)C1. The van der Waals surface area contributed by atoms with Gasteiger partial charge in [0.25, 0.3) is 5.91 Å². The largest absolute Gasteiger partial charge is 0.375 e. The lowest BCUT2D eigenvalue weighted by Gasteiger charge is -2.30. The monoisotopic (exact) mass is 249 g/mol. The summed E-state index contributed by atoms with van der Waals surface area (Å²) in [6.07, 6.45) is 4.31. The van der Waals surface area contributed by atoms with E-state index in [0.29, 0.717) is 12.1 Å². The minimum absolute atomic E-state index is 0.0541. The van der Waals surface area contributed by atoms with Crippen molar-refractivity contribution in [3.63, 3.8) is 0 Å². The third-order valence-corrected chi connectivity index (χ3v) is 3.04. The van der Waals surface area contributed by atoms with Gasteiger partial charge in [0.2, 0.25) is 0 Å². The zero-order valence-corrected chi connectivity index (χ0v) is 10.6. The van der Waals surface area contributed by atoms with E-state index in [-0.39, 0.29) is 12.0 Å². The molecule has 0 radical (unpaired) electrons. The first-order valence-electron chi connectivity index (χ1n) is 6.24. The van der Waals surface area contributed by atoms with E-state index >= 15 is 0 Å². The number of nitrogens with zero attached hydrogens (tertiary/aromatic N) is 2. The highest BCUT2D eigenvalue weighted by atomic mass is 16.5. The van der Waals surface area contributed by atoms with E-state index in [4.69, 9.17) is 4.74 Å². The molecule has 1 N–H and O–H groups in total. The number of pyridine rings is 1. The van der Waals surface area contributed by atoms with Crippen molar-refractivity contribution >= 4 is 5.91 Å². The van der Waals surface area contributed by atoms with E-state index in [1.165, 1.54) is 0 Å². The van der Waals surface area contributed by atoms with Crippen molar-refractivity contribution in [2.24, 2.45) is 0 Å². The highest BCUT2D eigenvalue weighted by Gasteiger charge is 2.17. The van der Waals surface area contributed by atoms with Crippen molar-refractivity contribution in [1.29, 1.82) is 0 Å². The van der Waals surface area contributed by atoms with Crippen LogP contribution < -0.4 is 5.32 Å². The Morgan fingerprint density at radius 1 is 1.56 bits per heavy atom. The summed E-state index contributed by atoms with van der Waals surface area (Å²) in [5.41, 5.74) is 0.645. The Morgan fingerprint density at radius 2 is 2.33 bits per heavy atom. The second-order valence-corrected chi connectivity index (χ2v) is 4.54. The van der Waals surface area contributed by atoms with Gasteiger partial charge in [0.15, 0.2) is 0 Å². The predicted octanol–water partition coefficient (Wildman–Crippen LogP) is 0.532. The molecule has 1 aromatic rings. The molecular formula is C13H19N3O2. The standard InChI is InChI=1S/C13H19N3O2/c1-16-8-9-18-12(10-16)4-7-15-13(17)11-2-5-14-6-3-11/h2-3,5-6,12H,4,7-10H2,1H3,(H,15,17). The number of rotatable bonds is 4. The zero-order valence-electron chi connectivity index (χ0n) is 10.6. The maximum Gasteiger partial charge on any atom is 0.251 e. The van der Waals surface area contributed by atoms with Gasteiger partial charge in [0.05, 0.1) is 12.7 Å². The summed E-state index contributed by atoms with van der Waals surface area (Å²) in [4.78, 5) is 17.9. The van der Waals surface area contributed by atoms with Crippen LogP contribution in [0.3, 0.4) is 0 Å². The van der Waals surface area contributed by atoms with Gasteiger partial charge in [-0.25, -0.2) is 0 Å². The topological polar surface area (TPSA) is 54.5 Å². The Hall–Kier alpha value is -1.46. The van der Waals surface area contributed by atoms with E-state index < -0.39 is 0 Å². The minimum Gasteiger partial charge on any atom is -0.375 e. The molecule has 1 unspecified atom stereocenters. The molecule has 1 aliphatic heterocycles. The lowest BCUT2D eigenvalue weighted by atomic mass is 10.2. The number of aromatic nitrogens is 1. The van der Waals surface area contributed by atoms with Crippen molar-refractivity contribution in [2.45, 2.75) is 12.5 Å². The minimum atomic E-state index is -0.0541. The first-order valence-corrected chi connectivity index (χ1v) is 6.24. The van der Waals surface area contributed by atoms with Crippen molar-refractivity contribution in [3.8, 4) is 0 Å². The molecule has 0 spiro atoms. The van der Waals surface area contributed by atoms with E-state index in [2.05, 4.69) is 22.2 Å². The summed E-state index contributed by atoms with van der Waals surface area (Å²) in [7, 11) is 2.09. The summed E-state index contributed by atoms with van der Waals surface area (Å²) in [6.45, 7) is 3.34. The van der Waals surface area contributed by atoms with Crippen LogP contribution in [0.2, 0.25) is 0 Å². The molecule has 2 heterocycles. The van der Waals surface area contributed by atoms with Crippen molar-refractivity contribution < 1.29 is 9.53 Å². The van der Waals surface area contributed by atoms with Gasteiger partial charge in [-0.05, 0) is 25.6 Å². The number of hydrogen-bond acceptors (Lipinski definition) is 4. The smallest absolute Gasteiger partial charge is 0.251 e. The van der Waals surface area contributed by atoms with E-state index in [9.17, 15) is 4.79 Å². The van der Waals surface area contributed by atoms with Crippen molar-refractivity contribution in [3.05, 3.63) is 30.1 Å². The Kier molecular flexibility index (Phi) is 4.66. The molecule has 1 saturated heterocycles. The van der Waals surface area contributed by atoms with Crippen molar-refractivity contribution in [1.82, 2.24) is 15.2 Å². The number of nitrogens with one attached hydrogen (secondary N) is 1. The maximum absolute atomic E-state index is 11.8. The molecule has 1 atom stereocenters. The van der Waals surface area contributed by atoms with Crippen LogP contribution in [0.25, 0.3) is 0 Å². The number of carbonyl (C=O) groups is 1. The van der Waals surface area contributed by atoms with E-state index in [1.54, 1.807) is 24.5 Å². The molecule has 0 aliphatic carbocycles. The summed E-state index contributed by atoms with van der Waals surface area (Å²) in [5.74, 6) is -0.0541. The van der Waals surface area contributed by atoms with Crippen LogP contribution >= 0.6 is 0 Å². The third-order valence-electron chi connectivity index (χ3n) is 3.04. The van der Waals surface area contributed by atoms with Gasteiger partial charge in [-0.1, -0.05) is 0 Å². The summed E-state index contributed by atoms with van der Waals surface area (Å²) in [5, 5.41) is 2.90. The van der Waals surface area contributed by atoms with E-state index in [0.717, 1.165) is 26.1 Å². The Morgan fingerprint density at radius 3 is 3.06 bits per heavy atom. The van der Waals surface area contributed by atoms with Crippen LogP contribution in [0, 0.1) is 0 Å². The molecule has 1 amide bonds. The second kappa shape index (κ2) is 6.47. The van der Waals surface area contributed by atoms with Crippen LogP contribution in [-0.2, 0) is 4.74 Å². The highest BCUT2D eigenvalue weighted by Crippen LogP contribution is 2.06. The summed E-state index contributed by atoms with van der Waals surface area (Å²) >= 11 is 0. The van der Waals surface area contributed by atoms with Crippen LogP contribution in [0.5, 0.6) is 0 Å². The van der Waals surface area contributed by atoms with E-state index in [1.807, 2.05) is 0 Å². The van der Waals surface area contributed by atoms with Crippen LogP contribution in [0.1, 0.15) is 16.8 Å². The van der Waals surface area contributed by atoms with Gasteiger partial charge in [-0.3, -0.25) is 9.78 Å². The number of hydrogen-bond donors (Lipinski definition) is 1. The van der Waals surface area contributed by atoms with Gasteiger partial charge >= 0.3 is 0 Å². The van der Waals surface area contributed by atoms with Gasteiger partial charge in [-0.2, -0.15) is 0 Å². The lowest BCUT2D eigenvalue weighted by Crippen LogP contribution is -2.41. The fourth-order valence-electron chi connectivity index (χ4n) is 1.99. The first-order chi connectivity index (χ1) is 8.75. The quantitative estimate of drug-likeness (QED) is 0.846. The average molecular weight is 249 g/mol. The van der Waals surface area contributed by atoms with Crippen LogP contribution in [-0.4, -0.2) is 55.2 Å². The maximum atomic E-state index is 11.8. The fourth-order valence-corrected chi connectivity index (χ4v) is 1.99. The number of ether oxygens (including phenoxy) is 1. The number of amides is 1. The summed E-state index contributed by atoms with van der Waals surface area (Å²) in [6, 6.07) is 3.42. The van der Waals surface area contributed by atoms with Gasteiger partial charge < -0.3 is 15.0 Å². The molecule has 98 valence electrons. The molecule has 0 saturated carbocycles. The number of likely N-dealkylation sites (N-methyl/N-ethyl adjacent to an activating group) is 1. The predicted molar refractivity (Wildman–Crippen MR) is 68.4 cm³/mol. The van der Waals surface area contributed by atoms with Gasteiger partial charge in [0, 0.05) is 37.6 Å². The fraction of sp³-hybridized carbons (Fsp3) is 0.538. The molecule has 5 heteroatoms. The number of carbonyl (C=O) groups excluding carboxylic acids is 1. The van der Waals surface area contributed by atoms with Crippen molar-refractivity contribution in [2.75, 3.05) is 33.3 Å². The molecule has 0 aromatic carbocycles. The molecule has 0 bridgehead atoms. The highest BCUT2D eigenvalue weighted by molar-refractivity contribution is 5.93. The Labute approximate surface area is 107 Å². The third kappa shape index (κ3) is 3.78. The molecular weight excluding hydrogens is 230 g/mol. The van der Waals surface area contributed by atoms with Gasteiger partial charge in [-0.15, -0.1) is 0 Å². The van der Waals surface area contributed by atoms with Crippen LogP contribution in [0.15, 0.2) is 24.5 Å². The summed E-state index contributed by atoms with van der Waals surface area (Å²) < 4.78 is 5.63. The molecule has 1 fully saturated rings. The first kappa shape index (κ1) is 13.0. The van der Waals surface area contributed by atoms with Gasteiger partial charge in [0.1, 0.15) is 0 Å². The van der Waals surface area contributed by atoms with Crippen LogP contribution in [0.4, 0.5) is 0 Å². The second-order valence-electron chi connectivity index (χ2n) is 4.54. The molecule has 1 aromatic heterocycles. The Balaban J connectivity index is 1.70. The Bertz CT molecular complexity index is 383. The molecule has 18 heavy (non-hydrogen) atoms.